The van der Waals surface area contributed by atoms with Crippen molar-refractivity contribution in [1.82, 2.24) is 0 Å². The smallest absolute Gasteiger partial charge is 0.0654 e. The van der Waals surface area contributed by atoms with Gasteiger partial charge in [0.1, 0.15) is 0 Å². The Labute approximate surface area is 528 Å². The molecule has 0 aromatic heterocycles. The van der Waals surface area contributed by atoms with Gasteiger partial charge in [-0.25, -0.2) is 4.70 Å². The van der Waals surface area contributed by atoms with Crippen molar-refractivity contribution in [3.05, 3.63) is 99.6 Å². The van der Waals surface area contributed by atoms with Crippen molar-refractivity contribution < 1.29 is 22.7 Å². The summed E-state index contributed by atoms with van der Waals surface area (Å²) in [6.45, 7) is 13.5. The molecule has 0 bridgehead atoms. The van der Waals surface area contributed by atoms with E-state index in [-0.39, 0.29) is 0 Å². The molecule has 1 aliphatic rings. The third-order valence-electron chi connectivity index (χ3n) is 17.8. The molecule has 1 heterocycles. The van der Waals surface area contributed by atoms with Crippen LogP contribution in [-0.2, 0) is 30.8 Å². The minimum atomic E-state index is 0.925. The Hall–Kier alpha value is -2.08. The first-order valence-corrected chi connectivity index (χ1v) is 39.5. The molecule has 3 heteroatoms. The summed E-state index contributed by atoms with van der Waals surface area (Å²) in [6.07, 6.45) is 80.7. The first-order valence-electron chi connectivity index (χ1n) is 37.3. The van der Waals surface area contributed by atoms with Crippen LogP contribution in [0.3, 0.4) is 0 Å². The molecule has 1 aliphatic heterocycles. The third kappa shape index (κ3) is 41.7. The zero-order chi connectivity index (χ0) is 59.6. The number of unbranched alkanes of at least 4 members (excludes halogenated alkanes) is 45. The summed E-state index contributed by atoms with van der Waals surface area (Å²) >= 11 is 1.06. The van der Waals surface area contributed by atoms with Crippen molar-refractivity contribution in [3.63, 3.8) is 0 Å². The van der Waals surface area contributed by atoms with Crippen LogP contribution in [0.2, 0.25) is 9.79 Å². The first-order chi connectivity index (χ1) is 41.1. The summed E-state index contributed by atoms with van der Waals surface area (Å²) in [5, 5.41) is 0. The Morgan fingerprint density at radius 3 is 0.928 bits per heavy atom. The maximum atomic E-state index is 11.8. The molecule has 0 atom stereocenters. The van der Waals surface area contributed by atoms with Gasteiger partial charge in [0.2, 0.25) is 11.4 Å². The van der Waals surface area contributed by atoms with Gasteiger partial charge in [-0.15, -0.1) is 0 Å². The summed E-state index contributed by atoms with van der Waals surface area (Å²) in [5.74, 6) is 0. The summed E-state index contributed by atoms with van der Waals surface area (Å²) in [6, 6.07) is 17.7. The van der Waals surface area contributed by atoms with Crippen molar-refractivity contribution in [3.8, 4) is 0 Å². The molecule has 2 aromatic rings. The summed E-state index contributed by atoms with van der Waals surface area (Å²) < 4.78 is 1.50. The van der Waals surface area contributed by atoms with E-state index in [1.807, 2.05) is 0 Å². The fourth-order valence-corrected chi connectivity index (χ4v) is 14.3. The number of hydrogen-bond donors (Lipinski definition) is 0. The molecule has 0 amide bonds. The van der Waals surface area contributed by atoms with Gasteiger partial charge in [-0.3, -0.25) is 0 Å². The monoisotopic (exact) mass is 1240 g/mol. The Morgan fingerprint density at radius 2 is 0.614 bits per heavy atom. The zero-order valence-electron chi connectivity index (χ0n) is 56.6. The van der Waals surface area contributed by atoms with Crippen LogP contribution in [0.15, 0.2) is 71.8 Å². The van der Waals surface area contributed by atoms with E-state index in [0.717, 1.165) is 79.0 Å². The Kier molecular flexibility index (Phi) is 54.7. The predicted octanol–water partition coefficient (Wildman–Crippen LogP) is 28.8. The minimum Gasteiger partial charge on any atom is -0.0654 e. The topological polar surface area (TPSA) is 25.3 Å². The minimum absolute atomic E-state index is 0.925. The second-order valence-electron chi connectivity index (χ2n) is 25.7. The van der Waals surface area contributed by atoms with Crippen LogP contribution in [0, 0.1) is 0 Å². The zero-order valence-corrected chi connectivity index (χ0v) is 58.1. The van der Waals surface area contributed by atoms with E-state index in [9.17, 15) is 5.53 Å². The first kappa shape index (κ1) is 77.0. The molecule has 83 heavy (non-hydrogen) atoms. The average Bonchev–Trinajstić information content (AvgIpc) is 2.68. The molecule has 2 nitrogen and oxygen atoms in total. The van der Waals surface area contributed by atoms with Crippen LogP contribution in [0.25, 0.3) is 16.9 Å². The van der Waals surface area contributed by atoms with E-state index in [2.05, 4.69) is 102 Å². The normalized spacial score (nSPS) is 12.7. The SMILES string of the molecule is CCC=CC1=C(c2cccc(CCCCC)c2)[N+](=[N-])C(c2cccc(CCCCC)c2)=C1CCCC.CCCCCCCCCCCCCCCCCCCCCC[CH2][Pd][CH2]CCCCCCCCCCCCCCCCCCCCCC. The Balaban J connectivity index is 0.000000584. The molecule has 0 radical (unpaired) electrons. The third-order valence-corrected chi connectivity index (χ3v) is 20.0. The molecular formula is C80H140N2Pd. The Bertz CT molecular complexity index is 1810. The van der Waals surface area contributed by atoms with E-state index in [1.165, 1.54) is 335 Å². The van der Waals surface area contributed by atoms with Crippen molar-refractivity contribution in [2.75, 3.05) is 0 Å². The molecule has 480 valence electrons. The fourth-order valence-electron chi connectivity index (χ4n) is 12.4. The van der Waals surface area contributed by atoms with Crippen LogP contribution in [0.4, 0.5) is 0 Å². The molecule has 0 saturated carbocycles. The van der Waals surface area contributed by atoms with Crippen molar-refractivity contribution in [2.45, 2.75) is 398 Å². The van der Waals surface area contributed by atoms with Crippen LogP contribution in [0.5, 0.6) is 0 Å². The standard InChI is InChI=1S/C34H46N2.2C23H47.Pd/c1-5-9-13-17-27-19-15-21-29(25-27)33-31(23-11-7-3)32(24-12-8-4)34(36(33)35)30-22-16-20-28(26-30)18-14-10-6-2;2*1-3-5-7-9-11-13-15-17-19-21-23-22-20-18-16-14-12-10-8-6-4-2;/h11,15-16,19-23,25-26H,5-10,12-14,17-18,24H2,1-4H3;2*1,3-23H2,2H3;. The number of nitrogens with zero attached hydrogens (tertiary/aromatic N) is 2. The molecule has 3 rings (SSSR count). The van der Waals surface area contributed by atoms with Gasteiger partial charge >= 0.3 is 169 Å². The molecule has 0 spiro atoms. The van der Waals surface area contributed by atoms with Crippen LogP contribution in [0.1, 0.15) is 398 Å². The molecule has 0 fully saturated rings. The summed E-state index contributed by atoms with van der Waals surface area (Å²) in [7, 11) is 0. The van der Waals surface area contributed by atoms with Gasteiger partial charge in [0.15, 0.2) is 0 Å². The van der Waals surface area contributed by atoms with E-state index >= 15 is 0 Å². The van der Waals surface area contributed by atoms with E-state index in [1.54, 1.807) is 9.79 Å². The van der Waals surface area contributed by atoms with E-state index in [0.29, 0.717) is 0 Å². The number of hydrogen-bond acceptors (Lipinski definition) is 0. The van der Waals surface area contributed by atoms with Crippen molar-refractivity contribution in [2.24, 2.45) is 0 Å². The van der Waals surface area contributed by atoms with Gasteiger partial charge in [-0.2, -0.15) is 0 Å². The van der Waals surface area contributed by atoms with Gasteiger partial charge in [0, 0.05) is 16.7 Å². The van der Waals surface area contributed by atoms with Gasteiger partial charge < -0.3 is 5.53 Å². The van der Waals surface area contributed by atoms with Gasteiger partial charge in [-0.05, 0) is 80.3 Å². The van der Waals surface area contributed by atoms with Crippen molar-refractivity contribution >= 4 is 11.4 Å². The molecule has 0 saturated heterocycles. The molecule has 0 unspecified atom stereocenters. The fraction of sp³-hybridized carbons (Fsp3) is 0.775. The van der Waals surface area contributed by atoms with Gasteiger partial charge in [0.25, 0.3) is 0 Å². The van der Waals surface area contributed by atoms with Crippen LogP contribution >= 0.6 is 0 Å². The van der Waals surface area contributed by atoms with Crippen LogP contribution < -0.4 is 0 Å². The van der Waals surface area contributed by atoms with Crippen molar-refractivity contribution in [1.29, 1.82) is 0 Å². The van der Waals surface area contributed by atoms with Crippen LogP contribution in [-0.4, -0.2) is 4.70 Å². The summed E-state index contributed by atoms with van der Waals surface area (Å²) in [4.78, 5) is 3.10. The second-order valence-corrected chi connectivity index (χ2v) is 28.1. The average molecular weight is 1240 g/mol. The number of allylic oxidation sites excluding steroid dienone is 4. The molecule has 0 aliphatic carbocycles. The predicted molar refractivity (Wildman–Crippen MR) is 371 cm³/mol. The van der Waals surface area contributed by atoms with E-state index < -0.39 is 0 Å². The Morgan fingerprint density at radius 1 is 0.325 bits per heavy atom. The quantitative estimate of drug-likeness (QED) is 0.0358. The number of aryl methyl sites for hydroxylation is 2. The second kappa shape index (κ2) is 58.9. The molecule has 2 aromatic carbocycles. The van der Waals surface area contributed by atoms with Gasteiger partial charge in [0.05, 0.1) is 5.57 Å². The molecule has 0 N–H and O–H groups in total. The van der Waals surface area contributed by atoms with E-state index in [4.69, 9.17) is 0 Å². The summed E-state index contributed by atoms with van der Waals surface area (Å²) in [5.41, 5.74) is 21.0. The molecular weight excluding hydrogens is 1100 g/mol. The number of benzene rings is 2. The maximum absolute atomic E-state index is 11.8. The van der Waals surface area contributed by atoms with Gasteiger partial charge in [-0.1, -0.05) is 238 Å². The number of rotatable bonds is 59.